The molecule has 0 fully saturated rings. The Kier molecular flexibility index (Phi) is 6.71. The van der Waals surface area contributed by atoms with E-state index in [1.54, 1.807) is 7.11 Å². The average molecular weight is 284 g/mol. The number of carbonyl (C=O) groups is 1. The van der Waals surface area contributed by atoms with Gasteiger partial charge >= 0.3 is 0 Å². The molecular weight excluding hydrogens is 262 g/mol. The maximum absolute atomic E-state index is 12.0. The summed E-state index contributed by atoms with van der Waals surface area (Å²) in [5.41, 5.74) is 0.940. The zero-order valence-electron chi connectivity index (χ0n) is 11.8. The molecule has 0 radical (unpaired) electrons. The molecule has 0 bridgehead atoms. The number of halogens is 1. The van der Waals surface area contributed by atoms with E-state index in [9.17, 15) is 4.79 Å². The maximum atomic E-state index is 12.0. The summed E-state index contributed by atoms with van der Waals surface area (Å²) in [5, 5.41) is 2.97. The Hall–Kier alpha value is -1.22. The fraction of sp³-hybridized carbons (Fsp3) is 0.533. The lowest BCUT2D eigenvalue weighted by molar-refractivity contribution is -0.121. The molecule has 0 saturated carbocycles. The summed E-state index contributed by atoms with van der Waals surface area (Å²) in [6.07, 6.45) is 1.25. The Bertz CT molecular complexity index is 407. The van der Waals surface area contributed by atoms with E-state index in [0.29, 0.717) is 18.2 Å². The van der Waals surface area contributed by atoms with E-state index >= 15 is 0 Å². The van der Waals surface area contributed by atoms with Gasteiger partial charge in [-0.2, -0.15) is 0 Å². The van der Waals surface area contributed by atoms with Crippen LogP contribution in [-0.4, -0.2) is 24.9 Å². The molecule has 1 N–H and O–H groups in total. The SMILES string of the molecule is COc1cccc(CC(=O)NC(CCl)CC(C)C)c1. The van der Waals surface area contributed by atoms with Gasteiger partial charge in [0.1, 0.15) is 5.75 Å². The van der Waals surface area contributed by atoms with Crippen LogP contribution in [0.2, 0.25) is 0 Å². The summed E-state index contributed by atoms with van der Waals surface area (Å²) in [6.45, 7) is 4.24. The second kappa shape index (κ2) is 8.05. The Morgan fingerprint density at radius 3 is 2.74 bits per heavy atom. The van der Waals surface area contributed by atoms with Gasteiger partial charge in [0.2, 0.25) is 5.91 Å². The molecule has 0 heterocycles. The Balaban J connectivity index is 2.53. The molecule has 0 spiro atoms. The predicted molar refractivity (Wildman–Crippen MR) is 78.8 cm³/mol. The van der Waals surface area contributed by atoms with Gasteiger partial charge in [-0.05, 0) is 30.0 Å². The van der Waals surface area contributed by atoms with Crippen molar-refractivity contribution in [3.63, 3.8) is 0 Å². The first-order chi connectivity index (χ1) is 9.05. The van der Waals surface area contributed by atoms with Crippen molar-refractivity contribution in [3.8, 4) is 5.75 Å². The zero-order chi connectivity index (χ0) is 14.3. The fourth-order valence-electron chi connectivity index (χ4n) is 1.98. The standard InChI is InChI=1S/C15H22ClNO2/c1-11(2)7-13(10-16)17-15(18)9-12-5-4-6-14(8-12)19-3/h4-6,8,11,13H,7,9-10H2,1-3H3,(H,17,18). The smallest absolute Gasteiger partial charge is 0.224 e. The molecule has 4 heteroatoms. The highest BCUT2D eigenvalue weighted by Gasteiger charge is 2.13. The minimum Gasteiger partial charge on any atom is -0.497 e. The number of rotatable bonds is 7. The second-order valence-corrected chi connectivity index (χ2v) is 5.39. The molecule has 0 aromatic heterocycles. The Morgan fingerprint density at radius 1 is 1.42 bits per heavy atom. The first kappa shape index (κ1) is 15.8. The number of hydrogen-bond acceptors (Lipinski definition) is 2. The van der Waals surface area contributed by atoms with Crippen LogP contribution in [0.25, 0.3) is 0 Å². The number of ether oxygens (including phenoxy) is 1. The molecule has 1 aromatic rings. The van der Waals surface area contributed by atoms with E-state index in [1.165, 1.54) is 0 Å². The molecule has 106 valence electrons. The van der Waals surface area contributed by atoms with Crippen LogP contribution in [0, 0.1) is 5.92 Å². The van der Waals surface area contributed by atoms with Crippen LogP contribution in [0.5, 0.6) is 5.75 Å². The van der Waals surface area contributed by atoms with Crippen LogP contribution < -0.4 is 10.1 Å². The molecule has 0 aliphatic rings. The molecule has 1 rings (SSSR count). The number of carbonyl (C=O) groups excluding carboxylic acids is 1. The third-order valence-corrected chi connectivity index (χ3v) is 3.18. The van der Waals surface area contributed by atoms with Gasteiger partial charge < -0.3 is 10.1 Å². The molecule has 1 amide bonds. The van der Waals surface area contributed by atoms with Crippen molar-refractivity contribution in [2.75, 3.05) is 13.0 Å². The lowest BCUT2D eigenvalue weighted by atomic mass is 10.0. The van der Waals surface area contributed by atoms with Crippen molar-refractivity contribution < 1.29 is 9.53 Å². The van der Waals surface area contributed by atoms with Crippen LogP contribution in [-0.2, 0) is 11.2 Å². The largest absolute Gasteiger partial charge is 0.497 e. The molecular formula is C15H22ClNO2. The van der Waals surface area contributed by atoms with E-state index < -0.39 is 0 Å². The monoisotopic (exact) mass is 283 g/mol. The molecule has 0 saturated heterocycles. The Morgan fingerprint density at radius 2 is 2.16 bits per heavy atom. The van der Waals surface area contributed by atoms with Gasteiger partial charge in [-0.15, -0.1) is 11.6 Å². The molecule has 19 heavy (non-hydrogen) atoms. The van der Waals surface area contributed by atoms with Gasteiger partial charge in [-0.3, -0.25) is 4.79 Å². The highest BCUT2D eigenvalue weighted by Crippen LogP contribution is 2.13. The predicted octanol–water partition coefficient (Wildman–Crippen LogP) is 3.01. The number of amides is 1. The number of methoxy groups -OCH3 is 1. The van der Waals surface area contributed by atoms with E-state index in [0.717, 1.165) is 17.7 Å². The molecule has 1 atom stereocenters. The highest BCUT2D eigenvalue weighted by atomic mass is 35.5. The minimum atomic E-state index is -0.000414. The molecule has 0 aliphatic carbocycles. The van der Waals surface area contributed by atoms with Gasteiger partial charge in [0, 0.05) is 11.9 Å². The van der Waals surface area contributed by atoms with E-state index in [2.05, 4.69) is 19.2 Å². The van der Waals surface area contributed by atoms with Crippen molar-refractivity contribution in [3.05, 3.63) is 29.8 Å². The summed E-state index contributed by atoms with van der Waals surface area (Å²) in [6, 6.07) is 7.58. The van der Waals surface area contributed by atoms with Crippen LogP contribution in [0.3, 0.4) is 0 Å². The normalized spacial score (nSPS) is 12.3. The lowest BCUT2D eigenvalue weighted by Gasteiger charge is -2.18. The van der Waals surface area contributed by atoms with Crippen LogP contribution in [0.15, 0.2) is 24.3 Å². The van der Waals surface area contributed by atoms with Gasteiger partial charge in [-0.25, -0.2) is 0 Å². The van der Waals surface area contributed by atoms with Crippen molar-refractivity contribution in [2.45, 2.75) is 32.7 Å². The van der Waals surface area contributed by atoms with Gasteiger partial charge in [0.05, 0.1) is 13.5 Å². The van der Waals surface area contributed by atoms with Crippen LogP contribution in [0.4, 0.5) is 0 Å². The summed E-state index contributed by atoms with van der Waals surface area (Å²) >= 11 is 5.87. The van der Waals surface area contributed by atoms with Crippen LogP contribution in [0.1, 0.15) is 25.8 Å². The third kappa shape index (κ3) is 5.97. The topological polar surface area (TPSA) is 38.3 Å². The number of hydrogen-bond donors (Lipinski definition) is 1. The molecule has 3 nitrogen and oxygen atoms in total. The van der Waals surface area contributed by atoms with E-state index in [-0.39, 0.29) is 11.9 Å². The first-order valence-corrected chi connectivity index (χ1v) is 7.06. The molecule has 1 unspecified atom stereocenters. The summed E-state index contributed by atoms with van der Waals surface area (Å²) < 4.78 is 5.14. The first-order valence-electron chi connectivity index (χ1n) is 6.53. The summed E-state index contributed by atoms with van der Waals surface area (Å²) in [4.78, 5) is 12.0. The summed E-state index contributed by atoms with van der Waals surface area (Å²) in [5.74, 6) is 1.73. The van der Waals surface area contributed by atoms with Crippen molar-refractivity contribution in [1.82, 2.24) is 5.32 Å². The van der Waals surface area contributed by atoms with Gasteiger partial charge in [0.25, 0.3) is 0 Å². The Labute approximate surface area is 120 Å². The van der Waals surface area contributed by atoms with Crippen LogP contribution >= 0.6 is 11.6 Å². The number of benzene rings is 1. The maximum Gasteiger partial charge on any atom is 0.224 e. The minimum absolute atomic E-state index is 0.000414. The van der Waals surface area contributed by atoms with Crippen molar-refractivity contribution >= 4 is 17.5 Å². The molecule has 0 aliphatic heterocycles. The average Bonchev–Trinajstić information content (AvgIpc) is 2.37. The van der Waals surface area contributed by atoms with E-state index in [1.807, 2.05) is 24.3 Å². The summed E-state index contributed by atoms with van der Waals surface area (Å²) in [7, 11) is 1.62. The zero-order valence-corrected chi connectivity index (χ0v) is 12.5. The highest BCUT2D eigenvalue weighted by molar-refractivity contribution is 6.18. The van der Waals surface area contributed by atoms with E-state index in [4.69, 9.17) is 16.3 Å². The number of nitrogens with one attached hydrogen (secondary N) is 1. The van der Waals surface area contributed by atoms with Gasteiger partial charge in [-0.1, -0.05) is 26.0 Å². The lowest BCUT2D eigenvalue weighted by Crippen LogP contribution is -2.38. The third-order valence-electron chi connectivity index (χ3n) is 2.81. The van der Waals surface area contributed by atoms with Crippen molar-refractivity contribution in [2.24, 2.45) is 5.92 Å². The van der Waals surface area contributed by atoms with Gasteiger partial charge in [0.15, 0.2) is 0 Å². The van der Waals surface area contributed by atoms with Crippen molar-refractivity contribution in [1.29, 1.82) is 0 Å². The fourth-order valence-corrected chi connectivity index (χ4v) is 2.18. The molecule has 1 aromatic carbocycles. The second-order valence-electron chi connectivity index (χ2n) is 5.08. The number of alkyl halides is 1. The quantitative estimate of drug-likeness (QED) is 0.781.